The lowest BCUT2D eigenvalue weighted by atomic mass is 10.2. The van der Waals surface area contributed by atoms with Gasteiger partial charge in [-0.3, -0.25) is 0 Å². The third-order valence-corrected chi connectivity index (χ3v) is 3.50. The van der Waals surface area contributed by atoms with Crippen molar-refractivity contribution in [2.45, 2.75) is 26.3 Å². The van der Waals surface area contributed by atoms with Gasteiger partial charge in [-0.1, -0.05) is 13.8 Å². The minimum absolute atomic E-state index is 0.474. The predicted molar refractivity (Wildman–Crippen MR) is 83.0 cm³/mol. The molecule has 20 heavy (non-hydrogen) atoms. The van der Waals surface area contributed by atoms with Crippen LogP contribution in [0.2, 0.25) is 0 Å². The summed E-state index contributed by atoms with van der Waals surface area (Å²) in [6, 6.07) is 6.31. The summed E-state index contributed by atoms with van der Waals surface area (Å²) in [6.07, 6.45) is 2.55. The van der Waals surface area contributed by atoms with Crippen LogP contribution in [0.3, 0.4) is 0 Å². The summed E-state index contributed by atoms with van der Waals surface area (Å²) >= 11 is 3.47. The number of hydrogen-bond donors (Lipinski definition) is 1. The van der Waals surface area contributed by atoms with Gasteiger partial charge >= 0.3 is 0 Å². The van der Waals surface area contributed by atoms with Crippen molar-refractivity contribution in [2.75, 3.05) is 13.7 Å². The van der Waals surface area contributed by atoms with Crippen LogP contribution in [0.15, 0.2) is 33.3 Å². The van der Waals surface area contributed by atoms with Gasteiger partial charge < -0.3 is 14.5 Å². The first-order valence-corrected chi connectivity index (χ1v) is 7.41. The first-order chi connectivity index (χ1) is 9.60. The number of methoxy groups -OCH3 is 1. The van der Waals surface area contributed by atoms with Crippen molar-refractivity contribution < 1.29 is 9.15 Å². The number of rotatable bonds is 6. The van der Waals surface area contributed by atoms with Gasteiger partial charge in [0.2, 0.25) is 0 Å². The van der Waals surface area contributed by atoms with Gasteiger partial charge in [0.15, 0.2) is 11.7 Å². The Morgan fingerprint density at radius 3 is 2.85 bits per heavy atom. The molecule has 0 fully saturated rings. The second-order valence-corrected chi connectivity index (χ2v) is 5.68. The molecule has 0 amide bonds. The molecule has 0 aliphatic carbocycles. The second kappa shape index (κ2) is 6.90. The van der Waals surface area contributed by atoms with E-state index in [0.717, 1.165) is 40.4 Å². The molecular weight excluding hydrogens is 320 g/mol. The lowest BCUT2D eigenvalue weighted by molar-refractivity contribution is 0.412. The Kier molecular flexibility index (Phi) is 5.20. The van der Waals surface area contributed by atoms with Crippen molar-refractivity contribution in [2.24, 2.45) is 0 Å². The molecule has 0 saturated carbocycles. The van der Waals surface area contributed by atoms with E-state index >= 15 is 0 Å². The van der Waals surface area contributed by atoms with Gasteiger partial charge in [0.25, 0.3) is 0 Å². The highest BCUT2D eigenvalue weighted by atomic mass is 79.9. The molecule has 5 heteroatoms. The number of nitrogens with zero attached hydrogens (tertiary/aromatic N) is 1. The quantitative estimate of drug-likeness (QED) is 0.873. The first kappa shape index (κ1) is 15.1. The molecule has 2 aromatic rings. The largest absolute Gasteiger partial charge is 0.496 e. The van der Waals surface area contributed by atoms with E-state index in [2.05, 4.69) is 40.1 Å². The van der Waals surface area contributed by atoms with E-state index in [1.54, 1.807) is 13.3 Å². The molecular formula is C15H19BrN2O2. The van der Waals surface area contributed by atoms with Crippen molar-refractivity contribution in [1.29, 1.82) is 0 Å². The Balaban J connectivity index is 2.06. The molecule has 0 atom stereocenters. The van der Waals surface area contributed by atoms with Crippen LogP contribution >= 0.6 is 15.9 Å². The average molecular weight is 339 g/mol. The van der Waals surface area contributed by atoms with Crippen LogP contribution in [-0.4, -0.2) is 24.7 Å². The Morgan fingerprint density at radius 1 is 1.40 bits per heavy atom. The lowest BCUT2D eigenvalue weighted by Gasteiger charge is -2.05. The molecule has 1 N–H and O–H groups in total. The van der Waals surface area contributed by atoms with Crippen LogP contribution in [0.25, 0.3) is 11.3 Å². The van der Waals surface area contributed by atoms with Gasteiger partial charge in [0.1, 0.15) is 5.75 Å². The Labute approximate surface area is 127 Å². The van der Waals surface area contributed by atoms with Gasteiger partial charge in [-0.2, -0.15) is 0 Å². The summed E-state index contributed by atoms with van der Waals surface area (Å²) < 4.78 is 11.9. The van der Waals surface area contributed by atoms with Gasteiger partial charge in [0.05, 0.1) is 17.8 Å². The highest BCUT2D eigenvalue weighted by molar-refractivity contribution is 9.10. The van der Waals surface area contributed by atoms with Crippen LogP contribution in [-0.2, 0) is 6.42 Å². The Morgan fingerprint density at radius 2 is 2.20 bits per heavy atom. The molecule has 0 bridgehead atoms. The fraction of sp³-hybridized carbons (Fsp3) is 0.400. The number of benzene rings is 1. The zero-order chi connectivity index (χ0) is 14.5. The third kappa shape index (κ3) is 3.84. The topological polar surface area (TPSA) is 47.3 Å². The standard InChI is InChI=1S/C15H19BrN2O2/c1-10(2)17-7-6-15-18-9-14(20-15)11-4-5-13(19-3)12(16)8-11/h4-5,8-10,17H,6-7H2,1-3H3. The Hall–Kier alpha value is -1.33. The molecule has 4 nitrogen and oxygen atoms in total. The summed E-state index contributed by atoms with van der Waals surface area (Å²) in [5.74, 6) is 2.32. The van der Waals surface area contributed by atoms with Crippen molar-refractivity contribution in [3.05, 3.63) is 34.8 Å². The van der Waals surface area contributed by atoms with Crippen molar-refractivity contribution >= 4 is 15.9 Å². The maximum absolute atomic E-state index is 5.77. The predicted octanol–water partition coefficient (Wildman–Crippen LogP) is 3.65. The molecule has 0 aliphatic rings. The molecule has 0 aliphatic heterocycles. The van der Waals surface area contributed by atoms with Gasteiger partial charge in [-0.25, -0.2) is 4.98 Å². The number of aromatic nitrogens is 1. The summed E-state index contributed by atoms with van der Waals surface area (Å²) in [5.41, 5.74) is 0.980. The molecule has 0 saturated heterocycles. The molecule has 108 valence electrons. The number of nitrogens with one attached hydrogen (secondary N) is 1. The molecule has 1 aromatic heterocycles. The number of ether oxygens (including phenoxy) is 1. The minimum atomic E-state index is 0.474. The fourth-order valence-corrected chi connectivity index (χ4v) is 2.39. The fourth-order valence-electron chi connectivity index (χ4n) is 1.85. The first-order valence-electron chi connectivity index (χ1n) is 6.62. The van der Waals surface area contributed by atoms with E-state index in [1.807, 2.05) is 18.2 Å². The van der Waals surface area contributed by atoms with Gasteiger partial charge in [-0.05, 0) is 34.1 Å². The molecule has 1 heterocycles. The highest BCUT2D eigenvalue weighted by Crippen LogP contribution is 2.30. The van der Waals surface area contributed by atoms with E-state index in [4.69, 9.17) is 9.15 Å². The minimum Gasteiger partial charge on any atom is -0.496 e. The van der Waals surface area contributed by atoms with Crippen molar-refractivity contribution in [1.82, 2.24) is 10.3 Å². The Bertz CT molecular complexity index is 567. The molecule has 1 aromatic carbocycles. The normalized spacial score (nSPS) is 11.1. The van der Waals surface area contributed by atoms with Crippen LogP contribution < -0.4 is 10.1 Å². The molecule has 2 rings (SSSR count). The van der Waals surface area contributed by atoms with Crippen LogP contribution in [0, 0.1) is 0 Å². The van der Waals surface area contributed by atoms with E-state index in [1.165, 1.54) is 0 Å². The molecule has 0 spiro atoms. The smallest absolute Gasteiger partial charge is 0.196 e. The highest BCUT2D eigenvalue weighted by Gasteiger charge is 2.09. The summed E-state index contributed by atoms with van der Waals surface area (Å²) in [6.45, 7) is 5.11. The lowest BCUT2D eigenvalue weighted by Crippen LogP contribution is -2.24. The van der Waals surface area contributed by atoms with Crippen LogP contribution in [0.5, 0.6) is 5.75 Å². The maximum Gasteiger partial charge on any atom is 0.196 e. The summed E-state index contributed by atoms with van der Waals surface area (Å²) in [7, 11) is 1.65. The van der Waals surface area contributed by atoms with Crippen molar-refractivity contribution in [3.8, 4) is 17.1 Å². The van der Waals surface area contributed by atoms with Crippen LogP contribution in [0.4, 0.5) is 0 Å². The monoisotopic (exact) mass is 338 g/mol. The van der Waals surface area contributed by atoms with Gasteiger partial charge in [-0.15, -0.1) is 0 Å². The zero-order valence-electron chi connectivity index (χ0n) is 11.9. The molecule has 0 radical (unpaired) electrons. The van der Waals surface area contributed by atoms with Gasteiger partial charge in [0, 0.05) is 24.6 Å². The number of halogens is 1. The third-order valence-electron chi connectivity index (χ3n) is 2.88. The zero-order valence-corrected chi connectivity index (χ0v) is 13.5. The maximum atomic E-state index is 5.77. The van der Waals surface area contributed by atoms with E-state index in [-0.39, 0.29) is 0 Å². The van der Waals surface area contributed by atoms with E-state index < -0.39 is 0 Å². The van der Waals surface area contributed by atoms with Crippen LogP contribution in [0.1, 0.15) is 19.7 Å². The average Bonchev–Trinajstić information content (AvgIpc) is 2.87. The summed E-state index contributed by atoms with van der Waals surface area (Å²) in [5, 5.41) is 3.34. The van der Waals surface area contributed by atoms with E-state index in [9.17, 15) is 0 Å². The second-order valence-electron chi connectivity index (χ2n) is 4.83. The summed E-state index contributed by atoms with van der Waals surface area (Å²) in [4.78, 5) is 4.31. The SMILES string of the molecule is COc1ccc(-c2cnc(CCNC(C)C)o2)cc1Br. The van der Waals surface area contributed by atoms with E-state index in [0.29, 0.717) is 6.04 Å². The molecule has 0 unspecified atom stereocenters. The number of oxazole rings is 1. The van der Waals surface area contributed by atoms with Crippen molar-refractivity contribution in [3.63, 3.8) is 0 Å². The number of hydrogen-bond acceptors (Lipinski definition) is 4.